The molecule has 0 saturated carbocycles. The standard InChI is InChI=1S/C40H41N5O6.C37H37N5O6/c1-3-15-34(42-40(49)51-26-33-31-22-13-11-20-29(31)30-21-12-14-23-32(30)33)37(38(47)41-25-35(46)50-24-4-2)44-45-39(48)43-36(27-16-7-5-8-17-27)28-18-9-6-10-19-28;1-2-13-31(39-37(47)48-23-30-28-20-11-9-18-26(28)27-19-10-12-21-29(27)30)34(35(45)38-22-32(43)44)41-42-36(46)40-33(24-14-5-3-6-15-24)25-16-7-4-8-17-25/h4-14,16-23,33-34,36H,2-3,15,24-26H2,1H3,(H,41,47)(H,42,49)(H2,43,45,48);3-12,14-21,30-31,33H,2,13,22-23H2,1H3,(H,38,45)(H,39,47)(H,43,44)(H2,40,42,46)/p-2/t34-;31-/m00/s1. The summed E-state index contributed by atoms with van der Waals surface area (Å²) in [5.74, 6) is -4.08. The maximum absolute atomic E-state index is 13.5. The number of benzene rings is 8. The number of urea groups is 2. The third kappa shape index (κ3) is 19.5. The van der Waals surface area contributed by atoms with Crippen molar-refractivity contribution in [2.24, 2.45) is 20.2 Å². The van der Waals surface area contributed by atoms with Gasteiger partial charge >= 0.3 is 24.0 Å². The Balaban J connectivity index is 0.000000232. The van der Waals surface area contributed by atoms with Gasteiger partial charge in [-0.2, -0.15) is 10.2 Å². The second-order valence-electron chi connectivity index (χ2n) is 22.9. The Morgan fingerprint density at radius 2 is 0.778 bits per heavy atom. The maximum atomic E-state index is 13.5. The third-order valence-electron chi connectivity index (χ3n) is 16.2. The molecule has 0 unspecified atom stereocenters. The topological polar surface area (TPSA) is 318 Å². The van der Waals surface area contributed by atoms with Crippen LogP contribution >= 0.6 is 0 Å². The zero-order valence-electron chi connectivity index (χ0n) is 54.6. The summed E-state index contributed by atoms with van der Waals surface area (Å²) < 4.78 is 16.3. The summed E-state index contributed by atoms with van der Waals surface area (Å²) in [5, 5.41) is 54.2. The third-order valence-corrected chi connectivity index (χ3v) is 16.2. The van der Waals surface area contributed by atoms with Crippen molar-refractivity contribution in [2.45, 2.75) is 75.5 Å². The first-order valence-electron chi connectivity index (χ1n) is 32.4. The molecule has 10 rings (SSSR count). The highest BCUT2D eigenvalue weighted by Crippen LogP contribution is 2.46. The predicted molar refractivity (Wildman–Crippen MR) is 374 cm³/mol. The minimum Gasteiger partial charge on any atom is -0.599 e. The zero-order chi connectivity index (χ0) is 69.9. The van der Waals surface area contributed by atoms with Gasteiger partial charge < -0.3 is 50.8 Å². The molecule has 2 aliphatic carbocycles. The van der Waals surface area contributed by atoms with Crippen LogP contribution in [0, 0.1) is 0 Å². The summed E-state index contributed by atoms with van der Waals surface area (Å²) in [6, 6.07) is 64.4. The van der Waals surface area contributed by atoms with Gasteiger partial charge in [-0.3, -0.25) is 29.2 Å². The number of nitrogens with one attached hydrogen (secondary N) is 6. The zero-order valence-corrected chi connectivity index (χ0v) is 54.6. The molecule has 0 radical (unpaired) electrons. The van der Waals surface area contributed by atoms with Crippen molar-refractivity contribution < 1.29 is 58.3 Å². The second kappa shape index (κ2) is 36.1. The molecule has 2 atom stereocenters. The molecular weight excluding hydrogens is 1260 g/mol. The van der Waals surface area contributed by atoms with Gasteiger partial charge in [0.15, 0.2) is 0 Å². The second-order valence-corrected chi connectivity index (χ2v) is 22.9. The highest BCUT2D eigenvalue weighted by atomic mass is 16.6. The summed E-state index contributed by atoms with van der Waals surface area (Å²) >= 11 is 0. The summed E-state index contributed by atoms with van der Waals surface area (Å²) in [7, 11) is 0. The number of fused-ring (bicyclic) bond motifs is 6. The van der Waals surface area contributed by atoms with Crippen LogP contribution in [-0.2, 0) is 33.4 Å². The largest absolute Gasteiger partial charge is 0.599 e. The van der Waals surface area contributed by atoms with Crippen molar-refractivity contribution in [1.29, 1.82) is 0 Å². The van der Waals surface area contributed by atoms with Gasteiger partial charge in [-0.25, -0.2) is 20.4 Å². The van der Waals surface area contributed by atoms with Crippen molar-refractivity contribution in [3.8, 4) is 22.3 Å². The number of nitrogens with zero attached hydrogens (tertiary/aromatic N) is 4. The van der Waals surface area contributed by atoms with Crippen molar-refractivity contribution >= 4 is 59.4 Å². The molecule has 0 bridgehead atoms. The first-order chi connectivity index (χ1) is 48.2. The fourth-order valence-electron chi connectivity index (χ4n) is 11.7. The molecule has 508 valence electrons. The van der Waals surface area contributed by atoms with E-state index in [0.717, 1.165) is 66.8 Å². The summed E-state index contributed by atoms with van der Waals surface area (Å²) in [5.41, 5.74) is 15.9. The molecule has 2 aliphatic rings. The van der Waals surface area contributed by atoms with Crippen LogP contribution in [0.4, 0.5) is 9.59 Å². The highest BCUT2D eigenvalue weighted by molar-refractivity contribution is 6.41. The van der Waals surface area contributed by atoms with Crippen LogP contribution in [0.2, 0.25) is 0 Å². The van der Waals surface area contributed by atoms with Gasteiger partial charge in [-0.15, -0.1) is 0 Å². The monoisotopic (exact) mass is 1330 g/mol. The van der Waals surface area contributed by atoms with Crippen molar-refractivity contribution in [3.05, 3.63) is 276 Å². The molecule has 8 aromatic rings. The Morgan fingerprint density at radius 3 is 1.09 bits per heavy atom. The van der Waals surface area contributed by atoms with Crippen LogP contribution in [0.1, 0.15) is 108 Å². The molecule has 0 saturated heterocycles. The Morgan fingerprint density at radius 1 is 0.465 bits per heavy atom. The Labute approximate surface area is 573 Å². The van der Waals surface area contributed by atoms with Crippen molar-refractivity contribution in [1.82, 2.24) is 32.1 Å². The van der Waals surface area contributed by atoms with E-state index in [1.54, 1.807) is 0 Å². The maximum Gasteiger partial charge on any atom is 0.335 e. The molecule has 8 aromatic carbocycles. The Hall–Kier alpha value is -12.2. The van der Waals surface area contributed by atoms with Crippen molar-refractivity contribution in [3.63, 3.8) is 0 Å². The highest BCUT2D eigenvalue weighted by Gasteiger charge is 2.31. The van der Waals surface area contributed by atoms with E-state index in [9.17, 15) is 39.0 Å². The number of ether oxygens (including phenoxy) is 3. The number of carboxylic acids is 1. The van der Waals surface area contributed by atoms with Crippen LogP contribution in [0.3, 0.4) is 0 Å². The van der Waals surface area contributed by atoms with E-state index in [1.807, 2.05) is 232 Å². The molecule has 22 heteroatoms. The van der Waals surface area contributed by atoms with Gasteiger partial charge in [0.2, 0.25) is 0 Å². The lowest BCUT2D eigenvalue weighted by Crippen LogP contribution is -2.44. The Kier molecular flexibility index (Phi) is 25.9. The smallest absolute Gasteiger partial charge is 0.335 e. The van der Waals surface area contributed by atoms with Gasteiger partial charge in [0.25, 0.3) is 11.8 Å². The van der Waals surface area contributed by atoms with Crippen LogP contribution in [0.5, 0.6) is 0 Å². The molecule has 0 aliphatic heterocycles. The predicted octanol–water partition coefficient (Wildman–Crippen LogP) is 9.34. The number of carboxylic acid groups (broad SMARTS) is 1. The van der Waals surface area contributed by atoms with E-state index in [4.69, 9.17) is 19.3 Å². The molecule has 6 amide bonds. The number of hydrogen-bond acceptors (Lipinski definition) is 15. The average molecular weight is 1330 g/mol. The number of aliphatic imine (C=N–C) groups is 2. The summed E-state index contributed by atoms with van der Waals surface area (Å²) in [6.07, 6.45) is 1.02. The SMILES string of the molecule is C=CCOC(=O)CNC(=O)C(=NNC(=O)NC(c1ccccc1)c1ccccc1)[C@H](CCC)N=C([O-])OCC1c2ccccc2-c2ccccc21.CCC[C@H](N=C([O-])OCC1c2ccccc2-c2ccccc21)C(=NNC(=O)NC(c1ccccc1)c1ccccc1)C(=O)NCC(=O)O. The van der Waals surface area contributed by atoms with Crippen molar-refractivity contribution in [2.75, 3.05) is 32.9 Å². The number of rotatable bonds is 28. The minimum absolute atomic E-state index is 0.0217. The lowest BCUT2D eigenvalue weighted by Gasteiger charge is -2.23. The lowest BCUT2D eigenvalue weighted by atomic mass is 9.98. The van der Waals surface area contributed by atoms with Crippen LogP contribution in [-0.4, -0.2) is 110 Å². The molecule has 0 heterocycles. The van der Waals surface area contributed by atoms with E-state index in [2.05, 4.69) is 58.9 Å². The van der Waals surface area contributed by atoms with Crippen LogP contribution in [0.25, 0.3) is 22.3 Å². The summed E-state index contributed by atoms with van der Waals surface area (Å²) in [4.78, 5) is 84.9. The number of hydrogen-bond donors (Lipinski definition) is 7. The Bertz CT molecular complexity index is 4040. The minimum atomic E-state index is -1.28. The summed E-state index contributed by atoms with van der Waals surface area (Å²) in [6.45, 7) is 6.03. The normalized spacial score (nSPS) is 13.2. The van der Waals surface area contributed by atoms with Gasteiger partial charge in [0.05, 0.1) is 12.1 Å². The van der Waals surface area contributed by atoms with E-state index >= 15 is 0 Å². The fourth-order valence-corrected chi connectivity index (χ4v) is 11.7. The number of amides is 6. The molecule has 0 spiro atoms. The molecule has 0 aromatic heterocycles. The quantitative estimate of drug-likeness (QED) is 0.00793. The number of aliphatic carboxylic acids is 1. The molecule has 99 heavy (non-hydrogen) atoms. The molecule has 0 fully saturated rings. The molecule has 22 nitrogen and oxygen atoms in total. The van der Waals surface area contributed by atoms with Gasteiger partial charge in [0.1, 0.15) is 55.4 Å². The van der Waals surface area contributed by atoms with Crippen LogP contribution < -0.4 is 42.3 Å². The number of esters is 1. The first kappa shape index (κ1) is 71.1. The van der Waals surface area contributed by atoms with E-state index in [1.165, 1.54) is 6.08 Å². The number of hydrazone groups is 2. The van der Waals surface area contributed by atoms with E-state index < -0.39 is 85.2 Å². The fraction of sp³-hybridized carbons (Fsp3) is 0.221. The number of carbonyl (C=O) groups is 6. The molecule has 7 N–H and O–H groups in total. The van der Waals surface area contributed by atoms with Gasteiger partial charge in [-0.05, 0) is 79.6 Å². The lowest BCUT2D eigenvalue weighted by molar-refractivity contribution is -0.252. The van der Waals surface area contributed by atoms with E-state index in [-0.39, 0.29) is 55.9 Å². The number of carbonyl (C=O) groups excluding carboxylic acids is 5. The van der Waals surface area contributed by atoms with E-state index in [0.29, 0.717) is 12.8 Å². The average Bonchev–Trinajstić information content (AvgIpc) is 1.63. The van der Waals surface area contributed by atoms with Gasteiger partial charge in [0, 0.05) is 25.0 Å². The first-order valence-corrected chi connectivity index (χ1v) is 32.4. The van der Waals surface area contributed by atoms with Gasteiger partial charge in [-0.1, -0.05) is 258 Å². The van der Waals surface area contributed by atoms with Crippen LogP contribution in [0.15, 0.2) is 251 Å². The molecular formula is C77H76N10O12-2.